The van der Waals surface area contributed by atoms with Crippen LogP contribution in [0.25, 0.3) is 21.9 Å². The topological polar surface area (TPSA) is 63.2 Å². The molecule has 3 rings (SSSR count). The van der Waals surface area contributed by atoms with Crippen LogP contribution in [0.1, 0.15) is 13.3 Å². The van der Waals surface area contributed by atoms with E-state index in [2.05, 4.69) is 0 Å². The van der Waals surface area contributed by atoms with E-state index in [1.54, 1.807) is 41.4 Å². The minimum atomic E-state index is -0.362. The summed E-state index contributed by atoms with van der Waals surface area (Å²) in [5.41, 5.74) is 1.37. The Bertz CT molecular complexity index is 1040. The summed E-state index contributed by atoms with van der Waals surface area (Å²) in [7, 11) is 6.25. The number of rotatable bonds is 7. The summed E-state index contributed by atoms with van der Waals surface area (Å²) in [5, 5.41) is 1.82. The number of hydrogen-bond donors (Lipinski definition) is 0. The van der Waals surface area contributed by atoms with Crippen molar-refractivity contribution in [3.8, 4) is 39.9 Å². The summed E-state index contributed by atoms with van der Waals surface area (Å²) in [6, 6.07) is 13.2. The predicted molar refractivity (Wildman–Crippen MR) is 112 cm³/mol. The van der Waals surface area contributed by atoms with Gasteiger partial charge in [-0.05, 0) is 22.9 Å². The minimum Gasteiger partial charge on any atom is -0.496 e. The fourth-order valence-electron chi connectivity index (χ4n) is 3.23. The van der Waals surface area contributed by atoms with Crippen LogP contribution in [0.4, 0.5) is 0 Å². The van der Waals surface area contributed by atoms with Crippen LogP contribution < -0.4 is 23.7 Å². The van der Waals surface area contributed by atoms with Gasteiger partial charge in [0.05, 0.1) is 28.4 Å². The normalized spacial score (nSPS) is 10.5. The van der Waals surface area contributed by atoms with E-state index < -0.39 is 0 Å². The molecule has 0 aliphatic heterocycles. The molecule has 152 valence electrons. The second-order valence-corrected chi connectivity index (χ2v) is 6.24. The van der Waals surface area contributed by atoms with Crippen LogP contribution in [-0.4, -0.2) is 34.4 Å². The van der Waals surface area contributed by atoms with Gasteiger partial charge in [-0.15, -0.1) is 0 Å². The van der Waals surface area contributed by atoms with Gasteiger partial charge in [0.25, 0.3) is 0 Å². The Morgan fingerprint density at radius 3 is 2.03 bits per heavy atom. The quantitative estimate of drug-likeness (QED) is 0.420. The molecule has 6 heteroatoms. The highest BCUT2D eigenvalue weighted by Gasteiger charge is 2.24. The number of carbonyl (C=O) groups excluding carboxylic acids is 1. The van der Waals surface area contributed by atoms with Crippen molar-refractivity contribution in [3.05, 3.63) is 42.5 Å². The first kappa shape index (κ1) is 20.3. The fraction of sp³-hybridized carbons (Fsp3) is 0.261. The molecule has 6 nitrogen and oxygen atoms in total. The van der Waals surface area contributed by atoms with E-state index in [9.17, 15) is 4.79 Å². The van der Waals surface area contributed by atoms with Gasteiger partial charge >= 0.3 is 5.97 Å². The number of benzene rings is 3. The van der Waals surface area contributed by atoms with Gasteiger partial charge in [-0.25, -0.2) is 0 Å². The minimum absolute atomic E-state index is 0.235. The molecule has 0 aliphatic carbocycles. The Kier molecular flexibility index (Phi) is 6.12. The molecule has 0 saturated heterocycles. The van der Waals surface area contributed by atoms with E-state index in [1.807, 2.05) is 36.4 Å². The lowest BCUT2D eigenvalue weighted by molar-refractivity contribution is -0.134. The zero-order chi connectivity index (χ0) is 21.0. The number of carbonyl (C=O) groups is 1. The number of esters is 1. The molecular formula is C23H24O6. The molecule has 0 aromatic heterocycles. The second kappa shape index (κ2) is 8.73. The second-order valence-electron chi connectivity index (χ2n) is 6.24. The largest absolute Gasteiger partial charge is 0.496 e. The summed E-state index contributed by atoms with van der Waals surface area (Å²) in [6.07, 6.45) is 0.235. The Hall–Kier alpha value is -3.41. The van der Waals surface area contributed by atoms with Gasteiger partial charge in [-0.2, -0.15) is 0 Å². The van der Waals surface area contributed by atoms with Crippen LogP contribution in [0.3, 0.4) is 0 Å². The highest BCUT2D eigenvalue weighted by atomic mass is 16.6. The number of methoxy groups -OCH3 is 4. The van der Waals surface area contributed by atoms with Crippen molar-refractivity contribution in [1.82, 2.24) is 0 Å². The predicted octanol–water partition coefficient (Wildman–Crippen LogP) is 4.86. The van der Waals surface area contributed by atoms with Crippen LogP contribution in [0.15, 0.2) is 42.5 Å². The lowest BCUT2D eigenvalue weighted by atomic mass is 9.95. The molecule has 3 aromatic carbocycles. The number of ether oxygens (including phenoxy) is 5. The molecule has 0 amide bonds. The fourth-order valence-corrected chi connectivity index (χ4v) is 3.23. The maximum atomic E-state index is 12.2. The van der Waals surface area contributed by atoms with E-state index >= 15 is 0 Å². The van der Waals surface area contributed by atoms with Crippen molar-refractivity contribution in [1.29, 1.82) is 0 Å². The Morgan fingerprint density at radius 1 is 0.793 bits per heavy atom. The number of hydrogen-bond acceptors (Lipinski definition) is 6. The third-order valence-corrected chi connectivity index (χ3v) is 4.67. The van der Waals surface area contributed by atoms with E-state index in [0.717, 1.165) is 10.8 Å². The third-order valence-electron chi connectivity index (χ3n) is 4.67. The highest BCUT2D eigenvalue weighted by Crippen LogP contribution is 2.49. The van der Waals surface area contributed by atoms with Crippen molar-refractivity contribution in [2.24, 2.45) is 0 Å². The van der Waals surface area contributed by atoms with Crippen LogP contribution in [0.5, 0.6) is 28.7 Å². The molecule has 0 fully saturated rings. The summed E-state index contributed by atoms with van der Waals surface area (Å²) in [6.45, 7) is 1.74. The average Bonchev–Trinajstić information content (AvgIpc) is 2.77. The Balaban J connectivity index is 2.44. The third kappa shape index (κ3) is 3.78. The average molecular weight is 396 g/mol. The van der Waals surface area contributed by atoms with Crippen molar-refractivity contribution >= 4 is 16.7 Å². The smallest absolute Gasteiger partial charge is 0.311 e. The summed E-state index contributed by atoms with van der Waals surface area (Å²) in [4.78, 5) is 12.2. The molecule has 0 saturated carbocycles. The molecule has 3 aromatic rings. The zero-order valence-corrected chi connectivity index (χ0v) is 17.2. The molecular weight excluding hydrogens is 372 g/mol. The summed E-state index contributed by atoms with van der Waals surface area (Å²) < 4.78 is 27.8. The molecule has 0 aliphatic rings. The molecule has 0 radical (unpaired) electrons. The van der Waals surface area contributed by atoms with Crippen molar-refractivity contribution in [2.75, 3.05) is 28.4 Å². The SMILES string of the molecule is CCC(=O)Oc1c(OC)cc2ccccc2c1-c1cc(OC)c(OC)cc1OC. The Morgan fingerprint density at radius 2 is 1.41 bits per heavy atom. The highest BCUT2D eigenvalue weighted by molar-refractivity contribution is 6.04. The van der Waals surface area contributed by atoms with E-state index in [0.29, 0.717) is 39.9 Å². The first-order chi connectivity index (χ1) is 14.1. The first-order valence-electron chi connectivity index (χ1n) is 9.18. The molecule has 29 heavy (non-hydrogen) atoms. The molecule has 0 spiro atoms. The molecule has 0 bridgehead atoms. The summed E-state index contributed by atoms with van der Waals surface area (Å²) >= 11 is 0. The molecule has 0 N–H and O–H groups in total. The van der Waals surface area contributed by atoms with Crippen LogP contribution in [0, 0.1) is 0 Å². The summed E-state index contributed by atoms with van der Waals surface area (Å²) in [5.74, 6) is 2.05. The van der Waals surface area contributed by atoms with Gasteiger partial charge in [0.15, 0.2) is 23.0 Å². The first-order valence-corrected chi connectivity index (χ1v) is 9.18. The van der Waals surface area contributed by atoms with Gasteiger partial charge in [0, 0.05) is 23.6 Å². The lowest BCUT2D eigenvalue weighted by Crippen LogP contribution is -2.08. The van der Waals surface area contributed by atoms with Crippen LogP contribution >= 0.6 is 0 Å². The van der Waals surface area contributed by atoms with Gasteiger partial charge in [-0.1, -0.05) is 31.2 Å². The van der Waals surface area contributed by atoms with Crippen LogP contribution in [-0.2, 0) is 4.79 Å². The molecule has 0 atom stereocenters. The molecule has 0 heterocycles. The van der Waals surface area contributed by atoms with Crippen molar-refractivity contribution in [3.63, 3.8) is 0 Å². The standard InChI is InChI=1S/C23H24O6/c1-6-21(24)29-23-20(28-5)11-14-9-7-8-10-15(14)22(23)16-12-18(26-3)19(27-4)13-17(16)25-2/h7-13H,6H2,1-5H3. The van der Waals surface area contributed by atoms with E-state index in [-0.39, 0.29) is 12.4 Å². The van der Waals surface area contributed by atoms with Gasteiger partial charge in [0.2, 0.25) is 0 Å². The van der Waals surface area contributed by atoms with Crippen molar-refractivity contribution in [2.45, 2.75) is 13.3 Å². The number of fused-ring (bicyclic) bond motifs is 1. The maximum Gasteiger partial charge on any atom is 0.311 e. The monoisotopic (exact) mass is 396 g/mol. The van der Waals surface area contributed by atoms with Crippen LogP contribution in [0.2, 0.25) is 0 Å². The lowest BCUT2D eigenvalue weighted by Gasteiger charge is -2.20. The van der Waals surface area contributed by atoms with Crippen molar-refractivity contribution < 1.29 is 28.5 Å². The van der Waals surface area contributed by atoms with E-state index in [1.165, 1.54) is 0 Å². The van der Waals surface area contributed by atoms with Gasteiger partial charge in [-0.3, -0.25) is 4.79 Å². The Labute approximate surface area is 169 Å². The molecule has 0 unspecified atom stereocenters. The van der Waals surface area contributed by atoms with Gasteiger partial charge < -0.3 is 23.7 Å². The van der Waals surface area contributed by atoms with Gasteiger partial charge in [0.1, 0.15) is 5.75 Å². The maximum absolute atomic E-state index is 12.2. The zero-order valence-electron chi connectivity index (χ0n) is 17.2. The van der Waals surface area contributed by atoms with E-state index in [4.69, 9.17) is 23.7 Å².